The molecule has 1 amide bonds. The van der Waals surface area contributed by atoms with Crippen molar-refractivity contribution in [2.75, 3.05) is 25.0 Å². The van der Waals surface area contributed by atoms with Crippen molar-refractivity contribution >= 4 is 17.7 Å². The third-order valence-corrected chi connectivity index (χ3v) is 4.48. The molecule has 1 aliphatic heterocycles. The molecule has 1 aromatic rings. The second kappa shape index (κ2) is 7.20. The summed E-state index contributed by atoms with van der Waals surface area (Å²) in [7, 11) is 0. The molecule has 0 spiro atoms. The SMILES string of the molecule is CC1CC(C)CN(C(=O)COC(=O)c2ccc(NC3CC3)nc2)C1. The van der Waals surface area contributed by atoms with Gasteiger partial charge in [0.15, 0.2) is 6.61 Å². The molecule has 0 radical (unpaired) electrons. The number of carbonyl (C=O) groups excluding carboxylic acids is 2. The number of piperidine rings is 1. The first kappa shape index (κ1) is 16.7. The first-order chi connectivity index (χ1) is 11.5. The largest absolute Gasteiger partial charge is 0.452 e. The van der Waals surface area contributed by atoms with Gasteiger partial charge in [-0.3, -0.25) is 4.79 Å². The molecular formula is C18H25N3O3. The van der Waals surface area contributed by atoms with E-state index in [2.05, 4.69) is 24.1 Å². The van der Waals surface area contributed by atoms with Gasteiger partial charge in [-0.2, -0.15) is 0 Å². The molecule has 1 aromatic heterocycles. The monoisotopic (exact) mass is 331 g/mol. The predicted octanol–water partition coefficient (Wildman–Crippen LogP) is 2.32. The molecule has 2 unspecified atom stereocenters. The van der Waals surface area contributed by atoms with Crippen molar-refractivity contribution in [1.29, 1.82) is 0 Å². The fourth-order valence-corrected chi connectivity index (χ4v) is 3.21. The van der Waals surface area contributed by atoms with E-state index in [0.717, 1.165) is 25.3 Å². The summed E-state index contributed by atoms with van der Waals surface area (Å²) >= 11 is 0. The van der Waals surface area contributed by atoms with Crippen LogP contribution >= 0.6 is 0 Å². The maximum atomic E-state index is 12.2. The molecule has 1 N–H and O–H groups in total. The van der Waals surface area contributed by atoms with Gasteiger partial charge in [-0.05, 0) is 43.2 Å². The van der Waals surface area contributed by atoms with Crippen LogP contribution in [0.5, 0.6) is 0 Å². The van der Waals surface area contributed by atoms with E-state index in [1.54, 1.807) is 17.0 Å². The highest BCUT2D eigenvalue weighted by molar-refractivity contribution is 5.91. The lowest BCUT2D eigenvalue weighted by Crippen LogP contribution is -2.44. The van der Waals surface area contributed by atoms with Gasteiger partial charge in [0.1, 0.15) is 5.82 Å². The number of hydrogen-bond donors (Lipinski definition) is 1. The van der Waals surface area contributed by atoms with Crippen molar-refractivity contribution in [3.63, 3.8) is 0 Å². The van der Waals surface area contributed by atoms with Crippen molar-refractivity contribution in [1.82, 2.24) is 9.88 Å². The van der Waals surface area contributed by atoms with E-state index >= 15 is 0 Å². The Morgan fingerprint density at radius 1 is 1.25 bits per heavy atom. The molecule has 0 aromatic carbocycles. The van der Waals surface area contributed by atoms with E-state index in [1.807, 2.05) is 0 Å². The normalized spacial score (nSPS) is 23.7. The molecule has 2 atom stereocenters. The summed E-state index contributed by atoms with van der Waals surface area (Å²) < 4.78 is 5.16. The molecule has 0 bridgehead atoms. The topological polar surface area (TPSA) is 71.5 Å². The van der Waals surface area contributed by atoms with E-state index in [1.165, 1.54) is 19.0 Å². The molecule has 130 valence electrons. The summed E-state index contributed by atoms with van der Waals surface area (Å²) in [6, 6.07) is 3.96. The van der Waals surface area contributed by atoms with Crippen molar-refractivity contribution in [2.24, 2.45) is 11.8 Å². The van der Waals surface area contributed by atoms with E-state index in [-0.39, 0.29) is 12.5 Å². The van der Waals surface area contributed by atoms with Gasteiger partial charge in [-0.25, -0.2) is 9.78 Å². The summed E-state index contributed by atoms with van der Waals surface area (Å²) in [4.78, 5) is 30.3. The van der Waals surface area contributed by atoms with Gasteiger partial charge in [0, 0.05) is 25.3 Å². The minimum atomic E-state index is -0.507. The Morgan fingerprint density at radius 2 is 1.96 bits per heavy atom. The summed E-state index contributed by atoms with van der Waals surface area (Å²) in [5.74, 6) is 1.11. The highest BCUT2D eigenvalue weighted by Crippen LogP contribution is 2.23. The van der Waals surface area contributed by atoms with Gasteiger partial charge in [-0.1, -0.05) is 13.8 Å². The van der Waals surface area contributed by atoms with E-state index < -0.39 is 5.97 Å². The number of rotatable bonds is 5. The molecule has 1 aliphatic carbocycles. The zero-order valence-corrected chi connectivity index (χ0v) is 14.3. The number of anilines is 1. The van der Waals surface area contributed by atoms with Crippen LogP contribution in [-0.2, 0) is 9.53 Å². The van der Waals surface area contributed by atoms with Gasteiger partial charge in [0.25, 0.3) is 5.91 Å². The quantitative estimate of drug-likeness (QED) is 0.839. The summed E-state index contributed by atoms with van der Waals surface area (Å²) in [5, 5.41) is 3.26. The number of pyridine rings is 1. The number of esters is 1. The second-order valence-electron chi connectivity index (χ2n) is 7.17. The van der Waals surface area contributed by atoms with E-state index in [0.29, 0.717) is 23.4 Å². The molecule has 3 rings (SSSR count). The van der Waals surface area contributed by atoms with Crippen LogP contribution < -0.4 is 5.32 Å². The van der Waals surface area contributed by atoms with Gasteiger partial charge in [0.05, 0.1) is 5.56 Å². The summed E-state index contributed by atoms with van der Waals surface area (Å²) in [6.45, 7) is 5.56. The van der Waals surface area contributed by atoms with Crippen LogP contribution in [0.3, 0.4) is 0 Å². The van der Waals surface area contributed by atoms with Crippen LogP contribution in [0.1, 0.15) is 43.5 Å². The zero-order chi connectivity index (χ0) is 17.1. The van der Waals surface area contributed by atoms with E-state index in [9.17, 15) is 9.59 Å². The molecule has 2 heterocycles. The molecule has 2 fully saturated rings. The number of nitrogens with one attached hydrogen (secondary N) is 1. The Morgan fingerprint density at radius 3 is 2.54 bits per heavy atom. The fraction of sp³-hybridized carbons (Fsp3) is 0.611. The summed E-state index contributed by atoms with van der Waals surface area (Å²) in [5.41, 5.74) is 0.365. The third-order valence-electron chi connectivity index (χ3n) is 4.48. The van der Waals surface area contributed by atoms with Gasteiger partial charge in [0.2, 0.25) is 0 Å². The van der Waals surface area contributed by atoms with Crippen LogP contribution in [0.4, 0.5) is 5.82 Å². The Balaban J connectivity index is 1.48. The van der Waals surface area contributed by atoms with Crippen LogP contribution in [0.25, 0.3) is 0 Å². The minimum Gasteiger partial charge on any atom is -0.452 e. The van der Waals surface area contributed by atoms with Crippen molar-refractivity contribution in [3.8, 4) is 0 Å². The summed E-state index contributed by atoms with van der Waals surface area (Å²) in [6.07, 6.45) is 4.96. The Bertz CT molecular complexity index is 588. The number of amides is 1. The number of hydrogen-bond acceptors (Lipinski definition) is 5. The van der Waals surface area contributed by atoms with Gasteiger partial charge in [-0.15, -0.1) is 0 Å². The highest BCUT2D eigenvalue weighted by Gasteiger charge is 2.26. The Kier molecular flexibility index (Phi) is 5.02. The average Bonchev–Trinajstić information content (AvgIpc) is 3.36. The lowest BCUT2D eigenvalue weighted by molar-refractivity contribution is -0.137. The number of carbonyl (C=O) groups is 2. The molecule has 2 aliphatic rings. The van der Waals surface area contributed by atoms with E-state index in [4.69, 9.17) is 4.74 Å². The number of nitrogens with zero attached hydrogens (tertiary/aromatic N) is 2. The van der Waals surface area contributed by atoms with Gasteiger partial charge >= 0.3 is 5.97 Å². The van der Waals surface area contributed by atoms with Crippen LogP contribution in [0, 0.1) is 11.8 Å². The third kappa shape index (κ3) is 4.46. The van der Waals surface area contributed by atoms with Crippen molar-refractivity contribution in [3.05, 3.63) is 23.9 Å². The second-order valence-corrected chi connectivity index (χ2v) is 7.17. The molecule has 24 heavy (non-hydrogen) atoms. The molecule has 1 saturated heterocycles. The van der Waals surface area contributed by atoms with Crippen LogP contribution in [0.15, 0.2) is 18.3 Å². The van der Waals surface area contributed by atoms with Crippen LogP contribution in [0.2, 0.25) is 0 Å². The molecule has 1 saturated carbocycles. The maximum absolute atomic E-state index is 12.2. The average molecular weight is 331 g/mol. The van der Waals surface area contributed by atoms with Crippen molar-refractivity contribution in [2.45, 2.75) is 39.2 Å². The number of aromatic nitrogens is 1. The highest BCUT2D eigenvalue weighted by atomic mass is 16.5. The Labute approximate surface area is 142 Å². The molecule has 6 heteroatoms. The number of likely N-dealkylation sites (tertiary alicyclic amines) is 1. The van der Waals surface area contributed by atoms with Crippen LogP contribution in [-0.4, -0.2) is 47.5 Å². The first-order valence-electron chi connectivity index (χ1n) is 8.68. The number of ether oxygens (including phenoxy) is 1. The molecular weight excluding hydrogens is 306 g/mol. The minimum absolute atomic E-state index is 0.123. The van der Waals surface area contributed by atoms with Crippen molar-refractivity contribution < 1.29 is 14.3 Å². The fourth-order valence-electron chi connectivity index (χ4n) is 3.21. The standard InChI is InChI=1S/C18H25N3O3/c1-12-7-13(2)10-21(9-12)17(22)11-24-18(23)14-3-6-16(19-8-14)20-15-4-5-15/h3,6,8,12-13,15H,4-5,7,9-11H2,1-2H3,(H,19,20). The lowest BCUT2D eigenvalue weighted by Gasteiger charge is -2.34. The molecule has 6 nitrogen and oxygen atoms in total. The smallest absolute Gasteiger partial charge is 0.340 e. The zero-order valence-electron chi connectivity index (χ0n) is 14.3. The Hall–Kier alpha value is -2.11. The first-order valence-corrected chi connectivity index (χ1v) is 8.68. The lowest BCUT2D eigenvalue weighted by atomic mass is 9.92. The maximum Gasteiger partial charge on any atom is 0.340 e. The van der Waals surface area contributed by atoms with Gasteiger partial charge < -0.3 is 15.0 Å². The predicted molar refractivity (Wildman–Crippen MR) is 90.7 cm³/mol.